The lowest BCUT2D eigenvalue weighted by atomic mass is 9.99. The number of fused-ring (bicyclic) bond motifs is 1. The molecule has 0 bridgehead atoms. The fraction of sp³-hybridized carbons (Fsp3) is 0.176. The van der Waals surface area contributed by atoms with Gasteiger partial charge >= 0.3 is 0 Å². The highest BCUT2D eigenvalue weighted by Gasteiger charge is 2.33. The van der Waals surface area contributed by atoms with Crippen LogP contribution in [0.1, 0.15) is 12.5 Å². The molecule has 3 rings (SSSR count). The number of aromatic nitrogens is 2. The van der Waals surface area contributed by atoms with Gasteiger partial charge in [0.2, 0.25) is 9.79 Å². The highest BCUT2D eigenvalue weighted by Crippen LogP contribution is 2.34. The largest absolute Gasteiger partial charge is 0.593 e. The van der Waals surface area contributed by atoms with Crippen molar-refractivity contribution in [2.24, 2.45) is 27.6 Å². The summed E-state index contributed by atoms with van der Waals surface area (Å²) >= 11 is -3.79. The SMILES string of the molecule is CC(CN)N[S+]([O-])c1ccc(-c2cccn3ccnc23)c(/C(N)=N/NN)c1[S+](N)[O-]. The number of nitrogens with two attached hydrogens (primary N) is 4. The summed E-state index contributed by atoms with van der Waals surface area (Å²) < 4.78 is 30.1. The average Bonchev–Trinajstić information content (AvgIpc) is 3.21. The van der Waals surface area contributed by atoms with E-state index in [9.17, 15) is 9.11 Å². The van der Waals surface area contributed by atoms with Crippen molar-refractivity contribution in [2.45, 2.75) is 22.8 Å². The second-order valence-electron chi connectivity index (χ2n) is 6.34. The van der Waals surface area contributed by atoms with Crippen molar-refractivity contribution in [3.63, 3.8) is 0 Å². The van der Waals surface area contributed by atoms with Crippen molar-refractivity contribution in [3.05, 3.63) is 48.4 Å². The molecule has 0 amide bonds. The lowest BCUT2D eigenvalue weighted by Gasteiger charge is -2.20. The molecular formula is C17H23N9O2S2. The van der Waals surface area contributed by atoms with Crippen molar-refractivity contribution in [3.8, 4) is 11.1 Å². The Morgan fingerprint density at radius 3 is 2.70 bits per heavy atom. The molecule has 11 nitrogen and oxygen atoms in total. The molecule has 2 aromatic heterocycles. The summed E-state index contributed by atoms with van der Waals surface area (Å²) in [6.45, 7) is 2.04. The van der Waals surface area contributed by atoms with Gasteiger partial charge in [-0.1, -0.05) is 0 Å². The van der Waals surface area contributed by atoms with Crippen LogP contribution in [0.2, 0.25) is 0 Å². The third-order valence-electron chi connectivity index (χ3n) is 4.33. The van der Waals surface area contributed by atoms with Gasteiger partial charge in [0.15, 0.2) is 5.84 Å². The van der Waals surface area contributed by atoms with E-state index in [1.807, 2.05) is 22.7 Å². The zero-order valence-corrected chi connectivity index (χ0v) is 17.7. The number of amidine groups is 1. The maximum Gasteiger partial charge on any atom is 0.241 e. The van der Waals surface area contributed by atoms with E-state index >= 15 is 0 Å². The number of hydrazine groups is 1. The van der Waals surface area contributed by atoms with E-state index in [4.69, 9.17) is 22.4 Å². The summed E-state index contributed by atoms with van der Waals surface area (Å²) in [5.41, 5.74) is 16.0. The fourth-order valence-electron chi connectivity index (χ4n) is 2.97. The quantitative estimate of drug-likeness (QED) is 0.0821. The number of benzene rings is 1. The van der Waals surface area contributed by atoms with E-state index in [0.717, 1.165) is 0 Å². The van der Waals surface area contributed by atoms with Gasteiger partial charge in [0, 0.05) is 42.3 Å². The Hall–Kier alpha value is -2.36. The van der Waals surface area contributed by atoms with Gasteiger partial charge in [0.05, 0.1) is 34.3 Å². The first-order valence-corrected chi connectivity index (χ1v) is 11.2. The summed E-state index contributed by atoms with van der Waals surface area (Å²) in [5, 5.41) is 9.63. The minimum atomic E-state index is -2.04. The van der Waals surface area contributed by atoms with E-state index in [2.05, 4.69) is 20.3 Å². The third-order valence-corrected chi connectivity index (χ3v) is 6.65. The van der Waals surface area contributed by atoms with Gasteiger partial charge in [-0.05, 0) is 25.1 Å². The number of hydrogen-bond acceptors (Lipinski definition) is 9. The normalized spacial score (nSPS) is 15.2. The summed E-state index contributed by atoms with van der Waals surface area (Å²) in [6.07, 6.45) is 5.29. The lowest BCUT2D eigenvalue weighted by molar-refractivity contribution is 0.556. The predicted octanol–water partition coefficient (Wildman–Crippen LogP) is -0.974. The van der Waals surface area contributed by atoms with Gasteiger partial charge in [-0.2, -0.15) is 0 Å². The van der Waals surface area contributed by atoms with E-state index in [1.165, 1.54) is 0 Å². The number of nitrogens with one attached hydrogen (secondary N) is 2. The molecular weight excluding hydrogens is 426 g/mol. The van der Waals surface area contributed by atoms with E-state index in [1.54, 1.807) is 31.5 Å². The predicted molar refractivity (Wildman–Crippen MR) is 117 cm³/mol. The molecule has 0 aliphatic carbocycles. The number of imidazole rings is 1. The summed E-state index contributed by atoms with van der Waals surface area (Å²) in [4.78, 5) is 4.66. The van der Waals surface area contributed by atoms with Crippen LogP contribution in [-0.2, 0) is 22.7 Å². The van der Waals surface area contributed by atoms with Crippen LogP contribution in [-0.4, -0.2) is 36.9 Å². The number of hydrogen-bond donors (Lipinski definition) is 6. The first kappa shape index (κ1) is 22.3. The highest BCUT2D eigenvalue weighted by molar-refractivity contribution is 7.92. The van der Waals surface area contributed by atoms with Crippen molar-refractivity contribution < 1.29 is 9.11 Å². The van der Waals surface area contributed by atoms with E-state index < -0.39 is 22.7 Å². The van der Waals surface area contributed by atoms with Crippen LogP contribution in [0.4, 0.5) is 0 Å². The molecule has 160 valence electrons. The summed E-state index contributed by atoms with van der Waals surface area (Å²) in [5.74, 6) is 5.24. The van der Waals surface area contributed by atoms with Gasteiger partial charge < -0.3 is 25.0 Å². The van der Waals surface area contributed by atoms with Crippen molar-refractivity contribution in [1.82, 2.24) is 19.6 Å². The van der Waals surface area contributed by atoms with E-state index in [0.29, 0.717) is 16.8 Å². The summed E-state index contributed by atoms with van der Waals surface area (Å²) in [6, 6.07) is 6.71. The molecule has 0 saturated heterocycles. The molecule has 30 heavy (non-hydrogen) atoms. The van der Waals surface area contributed by atoms with Crippen LogP contribution in [0.25, 0.3) is 16.8 Å². The molecule has 10 N–H and O–H groups in total. The molecule has 13 heteroatoms. The zero-order valence-electron chi connectivity index (χ0n) is 16.1. The highest BCUT2D eigenvalue weighted by atomic mass is 32.2. The molecule has 2 heterocycles. The Kier molecular flexibility index (Phi) is 7.17. The van der Waals surface area contributed by atoms with Crippen molar-refractivity contribution >= 4 is 34.2 Å². The zero-order chi connectivity index (χ0) is 21.8. The van der Waals surface area contributed by atoms with Crippen LogP contribution in [0.5, 0.6) is 0 Å². The Balaban J connectivity index is 2.30. The van der Waals surface area contributed by atoms with Gasteiger partial charge in [-0.3, -0.25) is 0 Å². The van der Waals surface area contributed by atoms with Crippen LogP contribution in [0.15, 0.2) is 57.7 Å². The average molecular weight is 450 g/mol. The lowest BCUT2D eigenvalue weighted by Crippen LogP contribution is -2.39. The van der Waals surface area contributed by atoms with Crippen LogP contribution >= 0.6 is 0 Å². The maximum atomic E-state index is 12.9. The Morgan fingerprint density at radius 1 is 1.27 bits per heavy atom. The second kappa shape index (κ2) is 9.63. The molecule has 3 aromatic rings. The molecule has 0 saturated carbocycles. The first-order valence-electron chi connectivity index (χ1n) is 8.81. The number of nitrogens with zero attached hydrogens (tertiary/aromatic N) is 3. The molecule has 0 aliphatic heterocycles. The number of rotatable bonds is 8. The van der Waals surface area contributed by atoms with Crippen LogP contribution in [0, 0.1) is 0 Å². The van der Waals surface area contributed by atoms with Gasteiger partial charge in [-0.15, -0.1) is 15.0 Å². The molecule has 1 aromatic carbocycles. The van der Waals surface area contributed by atoms with Gasteiger partial charge in [0.25, 0.3) is 0 Å². The van der Waals surface area contributed by atoms with Crippen molar-refractivity contribution in [1.29, 1.82) is 0 Å². The monoisotopic (exact) mass is 449 g/mol. The smallest absolute Gasteiger partial charge is 0.241 e. The maximum absolute atomic E-state index is 12.9. The molecule has 0 aliphatic rings. The topological polar surface area (TPSA) is 204 Å². The van der Waals surface area contributed by atoms with Crippen LogP contribution in [0.3, 0.4) is 0 Å². The van der Waals surface area contributed by atoms with Gasteiger partial charge in [-0.25, -0.2) is 16.4 Å². The molecule has 0 radical (unpaired) electrons. The van der Waals surface area contributed by atoms with Crippen LogP contribution < -0.4 is 32.7 Å². The standard InChI is InChI=1S/C17H23N9O2S2/c1-10(9-18)24-30(28)13-5-4-11(12-3-2-7-26-8-6-22-17(12)26)14(15(13)29(21)27)16(19)23-25-20/h2-8,10,24-25H,9,18,20-21H2,1H3,(H2,19,23). The second-order valence-corrected chi connectivity index (χ2v) is 8.56. The molecule has 3 unspecified atom stereocenters. The molecule has 0 fully saturated rings. The fourth-order valence-corrected chi connectivity index (χ4v) is 5.17. The molecule has 0 spiro atoms. The van der Waals surface area contributed by atoms with Crippen molar-refractivity contribution in [2.75, 3.05) is 6.54 Å². The first-order chi connectivity index (χ1) is 14.4. The minimum absolute atomic E-state index is 0.0689. The Labute approximate surface area is 179 Å². The number of hydrazone groups is 1. The number of pyridine rings is 1. The molecule has 3 atom stereocenters. The summed E-state index contributed by atoms with van der Waals surface area (Å²) in [7, 11) is 0. The Morgan fingerprint density at radius 2 is 2.03 bits per heavy atom. The Bertz CT molecular complexity index is 1060. The third kappa shape index (κ3) is 4.38. The van der Waals surface area contributed by atoms with E-state index in [-0.39, 0.29) is 33.8 Å². The minimum Gasteiger partial charge on any atom is -0.593 e. The van der Waals surface area contributed by atoms with Gasteiger partial charge in [0.1, 0.15) is 5.65 Å².